The number of nitrogens with one attached hydrogen (secondary N) is 1. The second-order valence-corrected chi connectivity index (χ2v) is 6.55. The van der Waals surface area contributed by atoms with Crippen LogP contribution >= 0.6 is 0 Å². The molecule has 2 unspecified atom stereocenters. The van der Waals surface area contributed by atoms with Crippen LogP contribution in [0.15, 0.2) is 0 Å². The molecular formula is C19H31NO. The molecule has 0 amide bonds. The fraction of sp³-hybridized carbons (Fsp3) is 0.684. The molecule has 1 fully saturated rings. The zero-order valence-corrected chi connectivity index (χ0v) is 14.6. The Hall–Kier alpha value is -0.860. The summed E-state index contributed by atoms with van der Waals surface area (Å²) in [6.07, 6.45) is 2.46. The Balaban J connectivity index is 2.49. The van der Waals surface area contributed by atoms with Gasteiger partial charge in [-0.15, -0.1) is 0 Å². The van der Waals surface area contributed by atoms with Crippen molar-refractivity contribution >= 4 is 0 Å². The van der Waals surface area contributed by atoms with Crippen LogP contribution in [0.25, 0.3) is 0 Å². The molecule has 0 spiro atoms. The maximum absolute atomic E-state index is 5.75. The van der Waals surface area contributed by atoms with Crippen molar-refractivity contribution in [3.8, 4) is 0 Å². The van der Waals surface area contributed by atoms with Crippen LogP contribution in [0.2, 0.25) is 0 Å². The highest BCUT2D eigenvalue weighted by Gasteiger charge is 2.28. The molecule has 2 atom stereocenters. The lowest BCUT2D eigenvalue weighted by molar-refractivity contribution is 0.0391. The van der Waals surface area contributed by atoms with Gasteiger partial charge in [-0.1, -0.05) is 6.92 Å². The van der Waals surface area contributed by atoms with Crippen LogP contribution in [0.3, 0.4) is 0 Å². The molecule has 0 bridgehead atoms. The van der Waals surface area contributed by atoms with E-state index in [0.717, 1.165) is 19.8 Å². The molecule has 1 heterocycles. The predicted octanol–water partition coefficient (Wildman–Crippen LogP) is 4.31. The smallest absolute Gasteiger partial charge is 0.0512 e. The molecule has 1 aromatic rings. The molecule has 1 aliphatic rings. The lowest BCUT2D eigenvalue weighted by atomic mass is 9.80. The van der Waals surface area contributed by atoms with E-state index in [-0.39, 0.29) is 0 Å². The Kier molecular flexibility index (Phi) is 5.45. The van der Waals surface area contributed by atoms with Gasteiger partial charge in [0.2, 0.25) is 0 Å². The van der Waals surface area contributed by atoms with E-state index in [9.17, 15) is 0 Å². The third-order valence-electron chi connectivity index (χ3n) is 5.46. The van der Waals surface area contributed by atoms with Gasteiger partial charge in [-0.2, -0.15) is 0 Å². The Bertz CT molecular complexity index is 472. The Morgan fingerprint density at radius 3 is 2.05 bits per heavy atom. The number of ether oxygens (including phenoxy) is 1. The summed E-state index contributed by atoms with van der Waals surface area (Å²) in [5.41, 5.74) is 8.80. The van der Waals surface area contributed by atoms with E-state index in [2.05, 4.69) is 46.9 Å². The standard InChI is InChI=1S/C19H31NO/c1-7-20-19(17-9-8-10-21-11-17)18-15(5)13(3)12(2)14(4)16(18)6/h17,19-20H,7-11H2,1-6H3. The van der Waals surface area contributed by atoms with Crippen LogP contribution in [-0.4, -0.2) is 19.8 Å². The molecule has 2 nitrogen and oxygen atoms in total. The second-order valence-electron chi connectivity index (χ2n) is 6.55. The normalized spacial score (nSPS) is 20.6. The summed E-state index contributed by atoms with van der Waals surface area (Å²) in [6, 6.07) is 0.424. The molecule has 1 saturated heterocycles. The van der Waals surface area contributed by atoms with Crippen molar-refractivity contribution in [2.75, 3.05) is 19.8 Å². The van der Waals surface area contributed by atoms with Crippen LogP contribution < -0.4 is 5.32 Å². The molecule has 2 rings (SSSR count). The summed E-state index contributed by atoms with van der Waals surface area (Å²) >= 11 is 0. The van der Waals surface area contributed by atoms with Crippen molar-refractivity contribution in [3.63, 3.8) is 0 Å². The third kappa shape index (κ3) is 3.17. The number of hydrogen-bond acceptors (Lipinski definition) is 2. The van der Waals surface area contributed by atoms with Gasteiger partial charge in [-0.25, -0.2) is 0 Å². The topological polar surface area (TPSA) is 21.3 Å². The number of rotatable bonds is 4. The summed E-state index contributed by atoms with van der Waals surface area (Å²) < 4.78 is 5.75. The molecule has 1 N–H and O–H groups in total. The molecular weight excluding hydrogens is 258 g/mol. The van der Waals surface area contributed by atoms with Crippen molar-refractivity contribution < 1.29 is 4.74 Å². The Morgan fingerprint density at radius 1 is 1.00 bits per heavy atom. The first kappa shape index (κ1) is 16.5. The Labute approximate surface area is 130 Å². The van der Waals surface area contributed by atoms with E-state index >= 15 is 0 Å². The molecule has 0 saturated carbocycles. The highest BCUT2D eigenvalue weighted by atomic mass is 16.5. The second kappa shape index (κ2) is 6.93. The van der Waals surface area contributed by atoms with Crippen molar-refractivity contribution in [2.24, 2.45) is 5.92 Å². The lowest BCUT2D eigenvalue weighted by Crippen LogP contribution is -2.34. The number of benzene rings is 1. The van der Waals surface area contributed by atoms with Gasteiger partial charge in [0.1, 0.15) is 0 Å². The monoisotopic (exact) mass is 289 g/mol. The van der Waals surface area contributed by atoms with Crippen molar-refractivity contribution in [3.05, 3.63) is 33.4 Å². The summed E-state index contributed by atoms with van der Waals surface area (Å²) in [7, 11) is 0. The maximum Gasteiger partial charge on any atom is 0.0512 e. The SMILES string of the molecule is CCNC(c1c(C)c(C)c(C)c(C)c1C)C1CCCOC1. The quantitative estimate of drug-likeness (QED) is 0.892. The van der Waals surface area contributed by atoms with Crippen LogP contribution in [0.5, 0.6) is 0 Å². The average Bonchev–Trinajstić information content (AvgIpc) is 2.51. The van der Waals surface area contributed by atoms with Gasteiger partial charge in [0.05, 0.1) is 6.61 Å². The molecule has 0 aromatic heterocycles. The minimum atomic E-state index is 0.424. The van der Waals surface area contributed by atoms with Gasteiger partial charge < -0.3 is 10.1 Å². The summed E-state index contributed by atoms with van der Waals surface area (Å²) in [4.78, 5) is 0. The molecule has 118 valence electrons. The van der Waals surface area contributed by atoms with Crippen molar-refractivity contribution in [2.45, 2.75) is 60.4 Å². The van der Waals surface area contributed by atoms with Crippen LogP contribution in [0.1, 0.15) is 59.2 Å². The average molecular weight is 289 g/mol. The molecule has 2 heteroatoms. The van der Waals surface area contributed by atoms with E-state index in [1.165, 1.54) is 46.2 Å². The first-order valence-corrected chi connectivity index (χ1v) is 8.37. The van der Waals surface area contributed by atoms with Gasteiger partial charge in [-0.05, 0) is 87.4 Å². The zero-order valence-electron chi connectivity index (χ0n) is 14.6. The van der Waals surface area contributed by atoms with E-state index < -0.39 is 0 Å². The van der Waals surface area contributed by atoms with E-state index in [4.69, 9.17) is 4.74 Å². The first-order chi connectivity index (χ1) is 9.99. The van der Waals surface area contributed by atoms with Crippen molar-refractivity contribution in [1.82, 2.24) is 5.32 Å². The zero-order chi connectivity index (χ0) is 15.6. The minimum absolute atomic E-state index is 0.424. The maximum atomic E-state index is 5.75. The number of hydrogen-bond donors (Lipinski definition) is 1. The minimum Gasteiger partial charge on any atom is -0.381 e. The van der Waals surface area contributed by atoms with Crippen LogP contribution in [-0.2, 0) is 4.74 Å². The molecule has 21 heavy (non-hydrogen) atoms. The van der Waals surface area contributed by atoms with E-state index in [0.29, 0.717) is 12.0 Å². The van der Waals surface area contributed by atoms with Crippen LogP contribution in [0, 0.1) is 40.5 Å². The van der Waals surface area contributed by atoms with Gasteiger partial charge >= 0.3 is 0 Å². The lowest BCUT2D eigenvalue weighted by Gasteiger charge is -2.34. The highest BCUT2D eigenvalue weighted by Crippen LogP contribution is 2.36. The van der Waals surface area contributed by atoms with Gasteiger partial charge in [0.25, 0.3) is 0 Å². The Morgan fingerprint density at radius 2 is 1.57 bits per heavy atom. The van der Waals surface area contributed by atoms with Gasteiger partial charge in [0, 0.05) is 18.6 Å². The summed E-state index contributed by atoms with van der Waals surface area (Å²) in [5.74, 6) is 0.595. The largest absolute Gasteiger partial charge is 0.381 e. The third-order valence-corrected chi connectivity index (χ3v) is 5.46. The highest BCUT2D eigenvalue weighted by molar-refractivity contribution is 5.51. The van der Waals surface area contributed by atoms with Crippen LogP contribution in [0.4, 0.5) is 0 Å². The molecule has 0 aliphatic carbocycles. The van der Waals surface area contributed by atoms with Gasteiger partial charge in [-0.3, -0.25) is 0 Å². The summed E-state index contributed by atoms with van der Waals surface area (Å²) in [5, 5.41) is 3.74. The fourth-order valence-electron chi connectivity index (χ4n) is 3.75. The first-order valence-electron chi connectivity index (χ1n) is 8.37. The van der Waals surface area contributed by atoms with E-state index in [1.807, 2.05) is 0 Å². The van der Waals surface area contributed by atoms with E-state index in [1.54, 1.807) is 0 Å². The van der Waals surface area contributed by atoms with Gasteiger partial charge in [0.15, 0.2) is 0 Å². The molecule has 1 aliphatic heterocycles. The fourth-order valence-corrected chi connectivity index (χ4v) is 3.75. The molecule has 1 aromatic carbocycles. The predicted molar refractivity (Wildman–Crippen MR) is 90.1 cm³/mol. The van der Waals surface area contributed by atoms with Crippen molar-refractivity contribution in [1.29, 1.82) is 0 Å². The summed E-state index contributed by atoms with van der Waals surface area (Å²) in [6.45, 7) is 16.4. The molecule has 0 radical (unpaired) electrons.